The van der Waals surface area contributed by atoms with Gasteiger partial charge in [0, 0.05) is 18.2 Å². The van der Waals surface area contributed by atoms with Crippen LogP contribution in [0.1, 0.15) is 22.5 Å². The SMILES string of the molecule is COc1ccc(Cl)cc1-n1c(N)c(C(=O)NCC2CCCO2)sc1=S. The third kappa shape index (κ3) is 3.82. The standard InChI is InChI=1S/C16H18ClN3O3S2/c1-22-12-5-4-9(17)7-11(12)20-14(18)13(25-16(20)24)15(21)19-8-10-3-2-6-23-10/h4-5,7,10H,2-3,6,8,18H2,1H3,(H,19,21). The lowest BCUT2D eigenvalue weighted by atomic mass is 10.2. The molecule has 6 nitrogen and oxygen atoms in total. The Labute approximate surface area is 159 Å². The number of nitrogens with zero attached hydrogens (tertiary/aromatic N) is 1. The molecule has 25 heavy (non-hydrogen) atoms. The molecule has 1 aliphatic rings. The van der Waals surface area contributed by atoms with Gasteiger partial charge in [-0.25, -0.2) is 0 Å². The van der Waals surface area contributed by atoms with Gasteiger partial charge in [0.1, 0.15) is 16.4 Å². The van der Waals surface area contributed by atoms with Gasteiger partial charge in [0.2, 0.25) is 0 Å². The Hall–Kier alpha value is -1.61. The van der Waals surface area contributed by atoms with Gasteiger partial charge in [-0.05, 0) is 43.3 Å². The van der Waals surface area contributed by atoms with Crippen molar-refractivity contribution in [3.8, 4) is 11.4 Å². The molecule has 0 bridgehead atoms. The van der Waals surface area contributed by atoms with Gasteiger partial charge in [-0.1, -0.05) is 22.9 Å². The van der Waals surface area contributed by atoms with Crippen LogP contribution < -0.4 is 15.8 Å². The third-order valence-corrected chi connectivity index (χ3v) is 5.57. The highest BCUT2D eigenvalue weighted by molar-refractivity contribution is 7.73. The molecule has 1 amide bonds. The summed E-state index contributed by atoms with van der Waals surface area (Å²) in [5.74, 6) is 0.570. The van der Waals surface area contributed by atoms with Crippen molar-refractivity contribution in [2.45, 2.75) is 18.9 Å². The number of benzene rings is 1. The Kier molecular flexibility index (Phi) is 5.63. The molecule has 1 fully saturated rings. The highest BCUT2D eigenvalue weighted by Gasteiger charge is 2.22. The number of carbonyl (C=O) groups excluding carboxylic acids is 1. The minimum atomic E-state index is -0.260. The highest BCUT2D eigenvalue weighted by atomic mass is 35.5. The predicted octanol–water partition coefficient (Wildman–Crippen LogP) is 3.42. The lowest BCUT2D eigenvalue weighted by Crippen LogP contribution is -2.31. The highest BCUT2D eigenvalue weighted by Crippen LogP contribution is 2.33. The maximum atomic E-state index is 12.5. The van der Waals surface area contributed by atoms with Crippen LogP contribution in [0.4, 0.5) is 5.82 Å². The van der Waals surface area contributed by atoms with Gasteiger partial charge in [-0.15, -0.1) is 0 Å². The zero-order chi connectivity index (χ0) is 18.0. The number of nitrogen functional groups attached to an aromatic ring is 1. The molecule has 1 atom stereocenters. The Bertz CT molecular complexity index is 844. The number of carbonyl (C=O) groups is 1. The fourth-order valence-electron chi connectivity index (χ4n) is 2.71. The van der Waals surface area contributed by atoms with Crippen LogP contribution in [-0.2, 0) is 4.74 Å². The first-order chi connectivity index (χ1) is 12.0. The fourth-order valence-corrected chi connectivity index (χ4v) is 4.14. The zero-order valence-electron chi connectivity index (χ0n) is 13.6. The first-order valence-electron chi connectivity index (χ1n) is 7.76. The number of thiazole rings is 1. The van der Waals surface area contributed by atoms with Crippen molar-refractivity contribution in [1.82, 2.24) is 9.88 Å². The molecule has 1 aromatic heterocycles. The van der Waals surface area contributed by atoms with Gasteiger partial charge >= 0.3 is 0 Å². The van der Waals surface area contributed by atoms with E-state index in [-0.39, 0.29) is 17.8 Å². The van der Waals surface area contributed by atoms with Crippen LogP contribution in [0.5, 0.6) is 5.75 Å². The first-order valence-corrected chi connectivity index (χ1v) is 9.36. The number of amides is 1. The summed E-state index contributed by atoms with van der Waals surface area (Å²) >= 11 is 12.6. The van der Waals surface area contributed by atoms with Crippen molar-refractivity contribution in [3.05, 3.63) is 32.1 Å². The van der Waals surface area contributed by atoms with Gasteiger partial charge in [0.25, 0.3) is 5.91 Å². The minimum Gasteiger partial charge on any atom is -0.495 e. The van der Waals surface area contributed by atoms with Crippen LogP contribution in [0, 0.1) is 3.95 Å². The molecule has 3 N–H and O–H groups in total. The van der Waals surface area contributed by atoms with Gasteiger partial charge in [-0.3, -0.25) is 9.36 Å². The summed E-state index contributed by atoms with van der Waals surface area (Å²) in [6.45, 7) is 1.20. The first kappa shape index (κ1) is 18.2. The number of hydrogen-bond donors (Lipinski definition) is 2. The van der Waals surface area contributed by atoms with E-state index >= 15 is 0 Å². The Morgan fingerprint density at radius 3 is 3.08 bits per heavy atom. The van der Waals surface area contributed by atoms with Crippen molar-refractivity contribution in [2.24, 2.45) is 0 Å². The summed E-state index contributed by atoms with van der Waals surface area (Å²) in [5, 5.41) is 3.38. The average molecular weight is 400 g/mol. The Morgan fingerprint density at radius 1 is 1.60 bits per heavy atom. The molecule has 1 aromatic carbocycles. The fraction of sp³-hybridized carbons (Fsp3) is 0.375. The molecule has 1 aliphatic heterocycles. The molecule has 0 radical (unpaired) electrons. The molecular formula is C16H18ClN3O3S2. The van der Waals surface area contributed by atoms with Crippen molar-refractivity contribution < 1.29 is 14.3 Å². The Balaban J connectivity index is 1.89. The lowest BCUT2D eigenvalue weighted by Gasteiger charge is -2.12. The summed E-state index contributed by atoms with van der Waals surface area (Å²) in [4.78, 5) is 12.9. The van der Waals surface area contributed by atoms with E-state index in [1.54, 1.807) is 29.9 Å². The second kappa shape index (κ2) is 7.74. The molecule has 9 heteroatoms. The van der Waals surface area contributed by atoms with Gasteiger partial charge in [0.15, 0.2) is 3.95 Å². The lowest BCUT2D eigenvalue weighted by molar-refractivity contribution is 0.0861. The number of halogens is 1. The van der Waals surface area contributed by atoms with Crippen molar-refractivity contribution in [2.75, 3.05) is 26.0 Å². The van der Waals surface area contributed by atoms with Crippen molar-refractivity contribution >= 4 is 46.9 Å². The largest absolute Gasteiger partial charge is 0.495 e. The van der Waals surface area contributed by atoms with Crippen LogP contribution in [0.15, 0.2) is 18.2 Å². The maximum absolute atomic E-state index is 12.5. The zero-order valence-corrected chi connectivity index (χ0v) is 16.0. The molecule has 0 spiro atoms. The van der Waals surface area contributed by atoms with Crippen molar-refractivity contribution in [3.63, 3.8) is 0 Å². The van der Waals surface area contributed by atoms with E-state index in [1.165, 1.54) is 0 Å². The van der Waals surface area contributed by atoms with E-state index in [4.69, 9.17) is 39.0 Å². The van der Waals surface area contributed by atoms with Crippen molar-refractivity contribution in [1.29, 1.82) is 0 Å². The molecule has 1 unspecified atom stereocenters. The van der Waals surface area contributed by atoms with E-state index in [0.29, 0.717) is 31.8 Å². The third-order valence-electron chi connectivity index (χ3n) is 3.95. The second-order valence-corrected chi connectivity index (χ2v) is 7.66. The number of nitrogens with two attached hydrogens (primary N) is 1. The van der Waals surface area contributed by atoms with Crippen LogP contribution >= 0.6 is 35.2 Å². The number of ether oxygens (including phenoxy) is 2. The van der Waals surface area contributed by atoms with E-state index in [1.807, 2.05) is 0 Å². The number of hydrogen-bond acceptors (Lipinski definition) is 6. The average Bonchev–Trinajstić information content (AvgIpc) is 3.20. The number of methoxy groups -OCH3 is 1. The van der Waals surface area contributed by atoms with E-state index < -0.39 is 0 Å². The summed E-state index contributed by atoms with van der Waals surface area (Å²) in [7, 11) is 1.55. The summed E-state index contributed by atoms with van der Waals surface area (Å²) < 4.78 is 12.9. The summed E-state index contributed by atoms with van der Waals surface area (Å²) in [5.41, 5.74) is 6.81. The normalized spacial score (nSPS) is 16.8. The molecule has 0 saturated carbocycles. The van der Waals surface area contributed by atoms with E-state index in [0.717, 1.165) is 30.8 Å². The molecule has 1 saturated heterocycles. The van der Waals surface area contributed by atoms with Crippen LogP contribution in [0.2, 0.25) is 5.02 Å². The van der Waals surface area contributed by atoms with Crippen LogP contribution in [0.3, 0.4) is 0 Å². The molecular weight excluding hydrogens is 382 g/mol. The molecule has 2 heterocycles. The number of rotatable bonds is 5. The number of aromatic nitrogens is 1. The predicted molar refractivity (Wildman–Crippen MR) is 102 cm³/mol. The van der Waals surface area contributed by atoms with E-state index in [9.17, 15) is 4.79 Å². The van der Waals surface area contributed by atoms with Gasteiger partial charge < -0.3 is 20.5 Å². The summed E-state index contributed by atoms with van der Waals surface area (Å²) in [6.07, 6.45) is 2.03. The van der Waals surface area contributed by atoms with Gasteiger partial charge in [0.05, 0.1) is 18.9 Å². The minimum absolute atomic E-state index is 0.0632. The van der Waals surface area contributed by atoms with Crippen LogP contribution in [0.25, 0.3) is 5.69 Å². The number of nitrogens with one attached hydrogen (secondary N) is 1. The summed E-state index contributed by atoms with van der Waals surface area (Å²) in [6, 6.07) is 5.15. The number of anilines is 1. The maximum Gasteiger partial charge on any atom is 0.265 e. The quantitative estimate of drug-likeness (QED) is 0.753. The van der Waals surface area contributed by atoms with Crippen LogP contribution in [-0.4, -0.2) is 36.8 Å². The van der Waals surface area contributed by atoms with E-state index in [2.05, 4.69) is 5.32 Å². The topological polar surface area (TPSA) is 78.5 Å². The Morgan fingerprint density at radius 2 is 2.40 bits per heavy atom. The molecule has 3 rings (SSSR count). The molecule has 0 aliphatic carbocycles. The second-order valence-electron chi connectivity index (χ2n) is 5.58. The molecule has 2 aromatic rings. The smallest absolute Gasteiger partial charge is 0.265 e. The molecule has 134 valence electrons. The van der Waals surface area contributed by atoms with Gasteiger partial charge in [-0.2, -0.15) is 0 Å². The monoisotopic (exact) mass is 399 g/mol.